The lowest BCUT2D eigenvalue weighted by Gasteiger charge is -2.19. The van der Waals surface area contributed by atoms with E-state index in [0.29, 0.717) is 5.75 Å². The highest BCUT2D eigenvalue weighted by molar-refractivity contribution is 5.87. The summed E-state index contributed by atoms with van der Waals surface area (Å²) in [7, 11) is 0. The Kier molecular flexibility index (Phi) is 7.37. The first-order valence-electron chi connectivity index (χ1n) is 9.03. The molecule has 2 aromatic carbocycles. The molecule has 2 amide bonds. The van der Waals surface area contributed by atoms with E-state index in [1.165, 1.54) is 0 Å². The monoisotopic (exact) mass is 369 g/mol. The van der Waals surface area contributed by atoms with Gasteiger partial charge in [0.1, 0.15) is 11.5 Å². The minimum Gasteiger partial charge on any atom is -0.457 e. The summed E-state index contributed by atoms with van der Waals surface area (Å²) in [6.07, 6.45) is 0. The molecule has 27 heavy (non-hydrogen) atoms. The number of ether oxygens (including phenoxy) is 1. The molecule has 0 saturated heterocycles. The number of carbonyl (C=O) groups excluding carboxylic acids is 2. The van der Waals surface area contributed by atoms with Gasteiger partial charge in [-0.2, -0.15) is 0 Å². The molecule has 0 aliphatic heterocycles. The van der Waals surface area contributed by atoms with Crippen molar-refractivity contribution >= 4 is 11.8 Å². The molecule has 0 radical (unpaired) electrons. The molecule has 6 heteroatoms. The van der Waals surface area contributed by atoms with E-state index in [2.05, 4.69) is 10.6 Å². The predicted molar refractivity (Wildman–Crippen MR) is 105 cm³/mol. The predicted octanol–water partition coefficient (Wildman–Crippen LogP) is 2.76. The van der Waals surface area contributed by atoms with Gasteiger partial charge in [-0.25, -0.2) is 0 Å². The van der Waals surface area contributed by atoms with Crippen LogP contribution in [0.25, 0.3) is 0 Å². The third kappa shape index (κ3) is 6.11. The molecule has 2 aromatic rings. The highest BCUT2D eigenvalue weighted by Gasteiger charge is 2.19. The molecule has 0 saturated carbocycles. The normalized spacial score (nSPS) is 12.9. The first kappa shape index (κ1) is 20.5. The van der Waals surface area contributed by atoms with Gasteiger partial charge in [-0.15, -0.1) is 0 Å². The van der Waals surface area contributed by atoms with Crippen LogP contribution in [0.5, 0.6) is 11.5 Å². The van der Waals surface area contributed by atoms with Crippen LogP contribution in [0.4, 0.5) is 0 Å². The van der Waals surface area contributed by atoms with Crippen LogP contribution in [0, 0.1) is 5.92 Å². The minimum atomic E-state index is -0.629. The third-order valence-electron chi connectivity index (χ3n) is 4.18. The molecular weight excluding hydrogens is 342 g/mol. The number of hydrogen-bond acceptors (Lipinski definition) is 4. The van der Waals surface area contributed by atoms with Gasteiger partial charge in [-0.3, -0.25) is 9.59 Å². The smallest absolute Gasteiger partial charge is 0.239 e. The van der Waals surface area contributed by atoms with Gasteiger partial charge in [0.25, 0.3) is 0 Å². The lowest BCUT2D eigenvalue weighted by molar-refractivity contribution is -0.127. The summed E-state index contributed by atoms with van der Waals surface area (Å²) < 4.78 is 5.93. The van der Waals surface area contributed by atoms with Gasteiger partial charge in [-0.1, -0.05) is 50.2 Å². The second-order valence-corrected chi connectivity index (χ2v) is 6.73. The fourth-order valence-corrected chi connectivity index (χ4v) is 2.50. The maximum Gasteiger partial charge on any atom is 0.239 e. The summed E-state index contributed by atoms with van der Waals surface area (Å²) in [4.78, 5) is 24.1. The summed E-state index contributed by atoms with van der Waals surface area (Å²) in [6, 6.07) is 16.1. The fourth-order valence-electron chi connectivity index (χ4n) is 2.50. The second-order valence-electron chi connectivity index (χ2n) is 6.73. The third-order valence-corrected chi connectivity index (χ3v) is 4.18. The number of amides is 2. The van der Waals surface area contributed by atoms with Crippen molar-refractivity contribution in [3.05, 3.63) is 60.2 Å². The Morgan fingerprint density at radius 1 is 1.00 bits per heavy atom. The van der Waals surface area contributed by atoms with Crippen molar-refractivity contribution in [1.82, 2.24) is 10.6 Å². The first-order chi connectivity index (χ1) is 12.9. The maximum absolute atomic E-state index is 12.2. The minimum absolute atomic E-state index is 0.00833. The zero-order valence-corrected chi connectivity index (χ0v) is 15.9. The van der Waals surface area contributed by atoms with E-state index in [4.69, 9.17) is 10.5 Å². The Morgan fingerprint density at radius 3 is 2.30 bits per heavy atom. The molecular formula is C21H27N3O3. The molecule has 6 nitrogen and oxygen atoms in total. The lowest BCUT2D eigenvalue weighted by Crippen LogP contribution is -2.47. The highest BCUT2D eigenvalue weighted by atomic mass is 16.5. The van der Waals surface area contributed by atoms with E-state index in [-0.39, 0.29) is 30.3 Å². The van der Waals surface area contributed by atoms with Crippen LogP contribution in [0.2, 0.25) is 0 Å². The second kappa shape index (κ2) is 9.73. The summed E-state index contributed by atoms with van der Waals surface area (Å²) in [5.41, 5.74) is 6.62. The van der Waals surface area contributed by atoms with Gasteiger partial charge in [0.2, 0.25) is 11.8 Å². The van der Waals surface area contributed by atoms with Crippen LogP contribution in [0.3, 0.4) is 0 Å². The van der Waals surface area contributed by atoms with Crippen LogP contribution in [-0.4, -0.2) is 24.4 Å². The maximum atomic E-state index is 12.2. The molecule has 0 aromatic heterocycles. The Morgan fingerprint density at radius 2 is 1.63 bits per heavy atom. The van der Waals surface area contributed by atoms with Gasteiger partial charge in [0.15, 0.2) is 0 Å². The van der Waals surface area contributed by atoms with E-state index >= 15 is 0 Å². The number of benzene rings is 2. The molecule has 4 N–H and O–H groups in total. The molecule has 0 heterocycles. The quantitative estimate of drug-likeness (QED) is 0.667. The number of para-hydroxylation sites is 2. The van der Waals surface area contributed by atoms with E-state index in [1.807, 2.05) is 75.4 Å². The van der Waals surface area contributed by atoms with Gasteiger partial charge in [0.05, 0.1) is 18.6 Å². The summed E-state index contributed by atoms with van der Waals surface area (Å²) >= 11 is 0. The van der Waals surface area contributed by atoms with E-state index in [0.717, 1.165) is 11.3 Å². The van der Waals surface area contributed by atoms with Crippen LogP contribution in [0.1, 0.15) is 32.4 Å². The Labute approximate surface area is 160 Å². The van der Waals surface area contributed by atoms with Crippen molar-refractivity contribution in [3.8, 4) is 11.5 Å². The summed E-state index contributed by atoms with van der Waals surface area (Å²) in [6.45, 7) is 5.46. The van der Waals surface area contributed by atoms with Crippen molar-refractivity contribution < 1.29 is 14.3 Å². The van der Waals surface area contributed by atoms with Crippen LogP contribution in [0.15, 0.2) is 54.6 Å². The summed E-state index contributed by atoms with van der Waals surface area (Å²) in [5, 5.41) is 5.44. The van der Waals surface area contributed by atoms with Gasteiger partial charge in [0, 0.05) is 5.56 Å². The molecule has 0 aliphatic rings. The fraction of sp³-hybridized carbons (Fsp3) is 0.333. The number of nitrogens with two attached hydrogens (primary N) is 1. The number of rotatable bonds is 8. The molecule has 0 bridgehead atoms. The van der Waals surface area contributed by atoms with Crippen LogP contribution >= 0.6 is 0 Å². The topological polar surface area (TPSA) is 93.5 Å². The van der Waals surface area contributed by atoms with Gasteiger partial charge in [-0.05, 0) is 31.0 Å². The van der Waals surface area contributed by atoms with Gasteiger partial charge >= 0.3 is 0 Å². The first-order valence-corrected chi connectivity index (χ1v) is 9.03. The van der Waals surface area contributed by atoms with Crippen molar-refractivity contribution in [2.75, 3.05) is 6.54 Å². The van der Waals surface area contributed by atoms with Crippen molar-refractivity contribution in [2.45, 2.75) is 32.9 Å². The summed E-state index contributed by atoms with van der Waals surface area (Å²) in [5.74, 6) is 0.775. The zero-order valence-electron chi connectivity index (χ0n) is 15.9. The SMILES string of the molecule is CC(NC(=O)CNC(=O)[C@@H](N)C(C)C)c1ccccc1Oc1ccccc1. The van der Waals surface area contributed by atoms with E-state index < -0.39 is 6.04 Å². The van der Waals surface area contributed by atoms with Crippen LogP contribution < -0.4 is 21.1 Å². The van der Waals surface area contributed by atoms with Crippen molar-refractivity contribution in [1.29, 1.82) is 0 Å². The lowest BCUT2D eigenvalue weighted by atomic mass is 10.1. The molecule has 2 rings (SSSR count). The number of hydrogen-bond donors (Lipinski definition) is 3. The average Bonchev–Trinajstić information content (AvgIpc) is 2.66. The number of nitrogens with one attached hydrogen (secondary N) is 2. The molecule has 144 valence electrons. The largest absolute Gasteiger partial charge is 0.457 e. The molecule has 0 fully saturated rings. The zero-order chi connectivity index (χ0) is 19.8. The Hall–Kier alpha value is -2.86. The Balaban J connectivity index is 1.96. The standard InChI is InChI=1S/C21H27N3O3/c1-14(2)20(22)21(26)23-13-19(25)24-15(3)17-11-7-8-12-18(17)27-16-9-5-4-6-10-16/h4-12,14-15,20H,13,22H2,1-3H3,(H,23,26)(H,24,25)/t15?,20-/m0/s1. The van der Waals surface area contributed by atoms with Crippen molar-refractivity contribution in [2.24, 2.45) is 11.7 Å². The Bertz CT molecular complexity index is 762. The molecule has 2 atom stereocenters. The van der Waals surface area contributed by atoms with E-state index in [1.54, 1.807) is 0 Å². The van der Waals surface area contributed by atoms with Crippen LogP contribution in [-0.2, 0) is 9.59 Å². The van der Waals surface area contributed by atoms with E-state index in [9.17, 15) is 9.59 Å². The molecule has 0 aliphatic carbocycles. The highest BCUT2D eigenvalue weighted by Crippen LogP contribution is 2.29. The molecule has 0 spiro atoms. The number of carbonyl (C=O) groups is 2. The van der Waals surface area contributed by atoms with Gasteiger partial charge < -0.3 is 21.1 Å². The molecule has 1 unspecified atom stereocenters. The van der Waals surface area contributed by atoms with Crippen molar-refractivity contribution in [3.63, 3.8) is 0 Å². The average molecular weight is 369 g/mol.